The van der Waals surface area contributed by atoms with E-state index in [0.29, 0.717) is 16.6 Å². The normalized spacial score (nSPS) is 11.6. The molecule has 2 aromatic heterocycles. The number of aryl methyl sites for hydroxylation is 1. The predicted octanol–water partition coefficient (Wildman–Crippen LogP) is 6.86. The van der Waals surface area contributed by atoms with Gasteiger partial charge in [0.15, 0.2) is 0 Å². The Morgan fingerprint density at radius 1 is 0.939 bits per heavy atom. The van der Waals surface area contributed by atoms with E-state index in [-0.39, 0.29) is 10.6 Å². The molecule has 0 bridgehead atoms. The van der Waals surface area contributed by atoms with Crippen molar-refractivity contribution in [3.63, 3.8) is 0 Å². The molecule has 0 aliphatic heterocycles. The van der Waals surface area contributed by atoms with Crippen LogP contribution in [0.4, 0.5) is 0 Å². The molecule has 5 aromatic rings. The Hall–Kier alpha value is -3.07. The minimum Gasteiger partial charge on any atom is -0.379 e. The van der Waals surface area contributed by atoms with Crippen LogP contribution < -0.4 is 4.18 Å². The quantitative estimate of drug-likeness (QED) is 0.229. The molecule has 0 amide bonds. The summed E-state index contributed by atoms with van der Waals surface area (Å²) in [5.41, 5.74) is 3.02. The van der Waals surface area contributed by atoms with Gasteiger partial charge < -0.3 is 4.18 Å². The van der Waals surface area contributed by atoms with Gasteiger partial charge in [-0.1, -0.05) is 60.7 Å². The first kappa shape index (κ1) is 21.8. The summed E-state index contributed by atoms with van der Waals surface area (Å²) in [6, 6.07) is 23.5. The first-order valence-corrected chi connectivity index (χ1v) is 13.1. The highest BCUT2D eigenvalue weighted by atomic mass is 79.9. The molecule has 0 unspecified atom stereocenters. The van der Waals surface area contributed by atoms with E-state index in [4.69, 9.17) is 9.17 Å². The number of halogens is 1. The average Bonchev–Trinajstić information content (AvgIpc) is 3.32. The molecule has 0 aliphatic carbocycles. The molecule has 0 saturated carbocycles. The third-order valence-corrected chi connectivity index (χ3v) is 8.43. The van der Waals surface area contributed by atoms with Crippen LogP contribution >= 0.6 is 27.3 Å². The van der Waals surface area contributed by atoms with Crippen LogP contribution in [0.2, 0.25) is 0 Å². The Bertz CT molecular complexity index is 1570. The lowest BCUT2D eigenvalue weighted by Crippen LogP contribution is -2.11. The van der Waals surface area contributed by atoms with E-state index in [1.54, 1.807) is 48.7 Å². The maximum absolute atomic E-state index is 13.3. The van der Waals surface area contributed by atoms with Crippen molar-refractivity contribution in [2.45, 2.75) is 11.8 Å². The fraction of sp³-hybridized carbons (Fsp3) is 0.0400. The molecule has 2 heterocycles. The number of para-hydroxylation sites is 1. The summed E-state index contributed by atoms with van der Waals surface area (Å²) in [6.07, 6.45) is 1.72. The molecule has 33 heavy (non-hydrogen) atoms. The van der Waals surface area contributed by atoms with E-state index in [0.717, 1.165) is 25.5 Å². The SMILES string of the molecule is Cc1ccc2c(S(=O)(=O)Oc3ccccc3)cc(-c3cnc(-c4ccccc4)s3)nc2c1Br. The Morgan fingerprint density at radius 3 is 2.36 bits per heavy atom. The van der Waals surface area contributed by atoms with Crippen LogP contribution in [0.5, 0.6) is 5.75 Å². The molecule has 0 spiro atoms. The van der Waals surface area contributed by atoms with Gasteiger partial charge in [0.05, 0.1) is 16.1 Å². The van der Waals surface area contributed by atoms with Crippen molar-refractivity contribution >= 4 is 48.3 Å². The number of aromatic nitrogens is 2. The maximum atomic E-state index is 13.3. The lowest BCUT2D eigenvalue weighted by Gasteiger charge is -2.12. The zero-order valence-corrected chi connectivity index (χ0v) is 20.6. The molecule has 5 rings (SSSR count). The second-order valence-electron chi connectivity index (χ2n) is 7.34. The van der Waals surface area contributed by atoms with Gasteiger partial charge >= 0.3 is 10.1 Å². The van der Waals surface area contributed by atoms with Crippen molar-refractivity contribution in [1.82, 2.24) is 9.97 Å². The van der Waals surface area contributed by atoms with E-state index in [9.17, 15) is 8.42 Å². The average molecular weight is 537 g/mol. The van der Waals surface area contributed by atoms with E-state index < -0.39 is 10.1 Å². The zero-order chi connectivity index (χ0) is 23.0. The van der Waals surface area contributed by atoms with Crippen molar-refractivity contribution in [2.75, 3.05) is 0 Å². The second-order valence-corrected chi connectivity index (χ2v) is 10.7. The number of rotatable bonds is 5. The molecule has 8 heteroatoms. The molecule has 0 radical (unpaired) electrons. The number of fused-ring (bicyclic) bond motifs is 1. The lowest BCUT2D eigenvalue weighted by atomic mass is 10.1. The number of benzene rings is 3. The molecule has 0 aliphatic rings. The predicted molar refractivity (Wildman–Crippen MR) is 135 cm³/mol. The van der Waals surface area contributed by atoms with Crippen LogP contribution in [0.15, 0.2) is 94.4 Å². The number of thiazole rings is 1. The van der Waals surface area contributed by atoms with Crippen molar-refractivity contribution < 1.29 is 12.6 Å². The summed E-state index contributed by atoms with van der Waals surface area (Å²) in [5.74, 6) is 0.249. The number of nitrogens with zero attached hydrogens (tertiary/aromatic N) is 2. The van der Waals surface area contributed by atoms with E-state index in [1.165, 1.54) is 11.3 Å². The summed E-state index contributed by atoms with van der Waals surface area (Å²) in [4.78, 5) is 10.1. The largest absolute Gasteiger partial charge is 0.379 e. The first-order chi connectivity index (χ1) is 15.9. The third kappa shape index (κ3) is 4.29. The van der Waals surface area contributed by atoms with Gasteiger partial charge in [-0.15, -0.1) is 11.3 Å². The molecule has 164 valence electrons. The standard InChI is InChI=1S/C25H17BrN2O3S2/c1-16-12-13-19-22(33(29,30)31-18-10-6-3-7-11-18)14-20(28-24(19)23(16)26)21-15-27-25(32-21)17-8-4-2-5-9-17/h2-15H,1H3. The number of hydrogen-bond acceptors (Lipinski definition) is 6. The van der Waals surface area contributed by atoms with Crippen molar-refractivity contribution in [2.24, 2.45) is 0 Å². The minimum atomic E-state index is -4.12. The Labute approximate surface area is 204 Å². The van der Waals surface area contributed by atoms with E-state index in [2.05, 4.69) is 20.9 Å². The van der Waals surface area contributed by atoms with Gasteiger partial charge in [0, 0.05) is 21.6 Å². The van der Waals surface area contributed by atoms with E-state index >= 15 is 0 Å². The monoisotopic (exact) mass is 536 g/mol. The molecule has 0 N–H and O–H groups in total. The Balaban J connectivity index is 1.68. The zero-order valence-electron chi connectivity index (χ0n) is 17.4. The van der Waals surface area contributed by atoms with Gasteiger partial charge in [-0.25, -0.2) is 9.97 Å². The van der Waals surface area contributed by atoms with Gasteiger partial charge in [0.2, 0.25) is 0 Å². The maximum Gasteiger partial charge on any atom is 0.339 e. The van der Waals surface area contributed by atoms with Crippen molar-refractivity contribution in [3.8, 4) is 26.9 Å². The van der Waals surface area contributed by atoms with Crippen LogP contribution in [-0.2, 0) is 10.1 Å². The number of hydrogen-bond donors (Lipinski definition) is 0. The highest BCUT2D eigenvalue weighted by Gasteiger charge is 2.24. The molecule has 0 fully saturated rings. The first-order valence-electron chi connectivity index (χ1n) is 10.0. The van der Waals surface area contributed by atoms with Crippen LogP contribution in [0.1, 0.15) is 5.56 Å². The molecular weight excluding hydrogens is 520 g/mol. The van der Waals surface area contributed by atoms with Crippen LogP contribution in [0.25, 0.3) is 32.0 Å². The number of pyridine rings is 1. The summed E-state index contributed by atoms with van der Waals surface area (Å²) < 4.78 is 32.9. The van der Waals surface area contributed by atoms with Crippen LogP contribution in [0, 0.1) is 6.92 Å². The third-order valence-electron chi connectivity index (χ3n) is 5.07. The summed E-state index contributed by atoms with van der Waals surface area (Å²) in [7, 11) is -4.12. The highest BCUT2D eigenvalue weighted by Crippen LogP contribution is 2.37. The lowest BCUT2D eigenvalue weighted by molar-refractivity contribution is 0.487. The molecule has 3 aromatic carbocycles. The van der Waals surface area contributed by atoms with Crippen LogP contribution in [-0.4, -0.2) is 18.4 Å². The van der Waals surface area contributed by atoms with Crippen LogP contribution in [0.3, 0.4) is 0 Å². The molecular formula is C25H17BrN2O3S2. The van der Waals surface area contributed by atoms with Gasteiger partial charge in [0.1, 0.15) is 15.7 Å². The van der Waals surface area contributed by atoms with Crippen molar-refractivity contribution in [3.05, 3.63) is 95.1 Å². The minimum absolute atomic E-state index is 0.0571. The Morgan fingerprint density at radius 2 is 1.64 bits per heavy atom. The fourth-order valence-electron chi connectivity index (χ4n) is 3.42. The molecule has 5 nitrogen and oxygen atoms in total. The summed E-state index contributed by atoms with van der Waals surface area (Å²) in [6.45, 7) is 1.94. The smallest absolute Gasteiger partial charge is 0.339 e. The van der Waals surface area contributed by atoms with Crippen molar-refractivity contribution in [1.29, 1.82) is 0 Å². The van der Waals surface area contributed by atoms with E-state index in [1.807, 2.05) is 43.3 Å². The van der Waals surface area contributed by atoms with Gasteiger partial charge in [-0.3, -0.25) is 0 Å². The fourth-order valence-corrected chi connectivity index (χ4v) is 5.88. The van der Waals surface area contributed by atoms with Gasteiger partial charge in [-0.2, -0.15) is 8.42 Å². The highest BCUT2D eigenvalue weighted by molar-refractivity contribution is 9.10. The molecule has 0 saturated heterocycles. The summed E-state index contributed by atoms with van der Waals surface area (Å²) >= 11 is 5.04. The second kappa shape index (κ2) is 8.70. The van der Waals surface area contributed by atoms with Gasteiger partial charge in [-0.05, 0) is 46.6 Å². The topological polar surface area (TPSA) is 69.2 Å². The van der Waals surface area contributed by atoms with Gasteiger partial charge in [0.25, 0.3) is 0 Å². The molecule has 0 atom stereocenters. The Kier molecular flexibility index (Phi) is 5.74. The summed E-state index contributed by atoms with van der Waals surface area (Å²) in [5, 5.41) is 1.32.